The zero-order chi connectivity index (χ0) is 14.3. The number of carbonyl (C=O) groups excluding carboxylic acids is 2. The minimum atomic E-state index is -0.135. The van der Waals surface area contributed by atoms with Gasteiger partial charge < -0.3 is 15.2 Å². The number of hydrogen-bond donors (Lipinski definition) is 2. The zero-order valence-corrected chi connectivity index (χ0v) is 11.9. The van der Waals surface area contributed by atoms with E-state index in [1.807, 2.05) is 12.1 Å². The molecule has 0 atom stereocenters. The molecule has 2 N–H and O–H groups in total. The predicted octanol–water partition coefficient (Wildman–Crippen LogP) is 2.27. The van der Waals surface area contributed by atoms with E-state index in [1.165, 1.54) is 16.2 Å². The van der Waals surface area contributed by atoms with Crippen molar-refractivity contribution in [2.75, 3.05) is 19.4 Å². The molecular formula is C14H13N3O2S. The summed E-state index contributed by atoms with van der Waals surface area (Å²) in [5.41, 5.74) is 2.23. The number of H-pyrrole nitrogens is 1. The van der Waals surface area contributed by atoms with Gasteiger partial charge in [0.25, 0.3) is 11.8 Å². The van der Waals surface area contributed by atoms with Gasteiger partial charge in [-0.2, -0.15) is 0 Å². The van der Waals surface area contributed by atoms with E-state index in [4.69, 9.17) is 0 Å². The van der Waals surface area contributed by atoms with Gasteiger partial charge in [-0.1, -0.05) is 0 Å². The molecule has 102 valence electrons. The van der Waals surface area contributed by atoms with Crippen LogP contribution in [0.3, 0.4) is 0 Å². The van der Waals surface area contributed by atoms with E-state index in [0.717, 1.165) is 16.3 Å². The smallest absolute Gasteiger partial charge is 0.263 e. The lowest BCUT2D eigenvalue weighted by molar-refractivity contribution is -0.110. The van der Waals surface area contributed by atoms with Crippen LogP contribution in [-0.4, -0.2) is 35.8 Å². The van der Waals surface area contributed by atoms with E-state index >= 15 is 0 Å². The van der Waals surface area contributed by atoms with Crippen molar-refractivity contribution < 1.29 is 9.59 Å². The number of amides is 2. The van der Waals surface area contributed by atoms with Gasteiger partial charge in [-0.3, -0.25) is 9.59 Å². The molecule has 1 aliphatic heterocycles. The summed E-state index contributed by atoms with van der Waals surface area (Å²) >= 11 is 1.30. The summed E-state index contributed by atoms with van der Waals surface area (Å²) < 4.78 is 0. The van der Waals surface area contributed by atoms with Gasteiger partial charge in [0.2, 0.25) is 0 Å². The van der Waals surface area contributed by atoms with Crippen molar-refractivity contribution >= 4 is 39.8 Å². The maximum Gasteiger partial charge on any atom is 0.263 e. The van der Waals surface area contributed by atoms with Gasteiger partial charge in [0.1, 0.15) is 5.00 Å². The third-order valence-corrected chi connectivity index (χ3v) is 4.07. The summed E-state index contributed by atoms with van der Waals surface area (Å²) in [7, 11) is 3.42. The average molecular weight is 287 g/mol. The van der Waals surface area contributed by atoms with E-state index in [9.17, 15) is 9.59 Å². The second-order valence-corrected chi connectivity index (χ2v) is 5.74. The molecule has 0 aliphatic carbocycles. The maximum absolute atomic E-state index is 12.0. The molecule has 2 amide bonds. The average Bonchev–Trinajstić information content (AvgIpc) is 3.08. The summed E-state index contributed by atoms with van der Waals surface area (Å²) in [5, 5.41) is 3.54. The van der Waals surface area contributed by atoms with Gasteiger partial charge >= 0.3 is 0 Å². The molecule has 0 radical (unpaired) electrons. The highest BCUT2D eigenvalue weighted by molar-refractivity contribution is 7.18. The lowest BCUT2D eigenvalue weighted by Crippen LogP contribution is -2.20. The molecule has 3 heterocycles. The summed E-state index contributed by atoms with van der Waals surface area (Å²) in [6, 6.07) is 5.53. The molecule has 0 spiro atoms. The van der Waals surface area contributed by atoms with E-state index in [-0.39, 0.29) is 11.8 Å². The third kappa shape index (κ3) is 2.04. The molecule has 0 fully saturated rings. The van der Waals surface area contributed by atoms with Crippen LogP contribution >= 0.6 is 11.3 Å². The van der Waals surface area contributed by atoms with Crippen LogP contribution in [0.2, 0.25) is 0 Å². The van der Waals surface area contributed by atoms with Gasteiger partial charge in [0.05, 0.1) is 10.5 Å². The van der Waals surface area contributed by atoms with Crippen LogP contribution < -0.4 is 5.32 Å². The molecule has 2 aromatic heterocycles. The normalized spacial score (nSPS) is 15.3. The summed E-state index contributed by atoms with van der Waals surface area (Å²) in [6.07, 6.45) is 3.59. The Kier molecular flexibility index (Phi) is 2.94. The predicted molar refractivity (Wildman–Crippen MR) is 79.6 cm³/mol. The van der Waals surface area contributed by atoms with Crippen molar-refractivity contribution in [2.45, 2.75) is 0 Å². The molecule has 0 saturated carbocycles. The minimum Gasteiger partial charge on any atom is -0.362 e. The van der Waals surface area contributed by atoms with Crippen molar-refractivity contribution in [2.24, 2.45) is 0 Å². The van der Waals surface area contributed by atoms with Gasteiger partial charge in [0, 0.05) is 31.5 Å². The number of aromatic nitrogens is 1. The maximum atomic E-state index is 12.0. The molecule has 5 nitrogen and oxygen atoms in total. The molecule has 0 unspecified atom stereocenters. The molecule has 2 aromatic rings. The number of carbonyl (C=O) groups is 2. The van der Waals surface area contributed by atoms with E-state index in [1.54, 1.807) is 32.4 Å². The Bertz CT molecular complexity index is 711. The van der Waals surface area contributed by atoms with Gasteiger partial charge in [0.15, 0.2) is 0 Å². The molecule has 0 aromatic carbocycles. The van der Waals surface area contributed by atoms with E-state index in [0.29, 0.717) is 10.5 Å². The van der Waals surface area contributed by atoms with Gasteiger partial charge in [-0.15, -0.1) is 11.3 Å². The standard InChI is InChI=1S/C14H13N3O2S/c1-17(2)14(19)11-7-10-9(6-8-4-3-5-15-8)12(18)16-13(10)20-11/h3-7,15H,1-2H3,(H,16,18). The van der Waals surface area contributed by atoms with Crippen LogP contribution in [0.15, 0.2) is 24.4 Å². The Balaban J connectivity index is 2.02. The first-order valence-electron chi connectivity index (χ1n) is 6.08. The van der Waals surface area contributed by atoms with Crippen LogP contribution in [0.25, 0.3) is 11.6 Å². The van der Waals surface area contributed by atoms with Crippen LogP contribution in [0, 0.1) is 0 Å². The Morgan fingerprint density at radius 1 is 1.40 bits per heavy atom. The first kappa shape index (κ1) is 12.7. The van der Waals surface area contributed by atoms with E-state index in [2.05, 4.69) is 10.3 Å². The number of nitrogens with zero attached hydrogens (tertiary/aromatic N) is 1. The van der Waals surface area contributed by atoms with Gasteiger partial charge in [-0.25, -0.2) is 0 Å². The number of anilines is 1. The molecule has 0 saturated heterocycles. The Labute approximate surface area is 119 Å². The van der Waals surface area contributed by atoms with Crippen LogP contribution in [-0.2, 0) is 4.79 Å². The number of rotatable bonds is 2. The number of fused-ring (bicyclic) bond motifs is 1. The minimum absolute atomic E-state index is 0.0575. The quantitative estimate of drug-likeness (QED) is 0.832. The fraction of sp³-hybridized carbons (Fsp3) is 0.143. The second kappa shape index (κ2) is 4.64. The molecule has 0 bridgehead atoms. The number of hydrogen-bond acceptors (Lipinski definition) is 3. The summed E-state index contributed by atoms with van der Waals surface area (Å²) in [5.74, 6) is -0.192. The Morgan fingerprint density at radius 2 is 2.20 bits per heavy atom. The zero-order valence-electron chi connectivity index (χ0n) is 11.1. The van der Waals surface area contributed by atoms with Crippen molar-refractivity contribution in [3.8, 4) is 0 Å². The van der Waals surface area contributed by atoms with E-state index < -0.39 is 0 Å². The largest absolute Gasteiger partial charge is 0.362 e. The molecule has 1 aliphatic rings. The Morgan fingerprint density at radius 3 is 2.85 bits per heavy atom. The highest BCUT2D eigenvalue weighted by Gasteiger charge is 2.28. The molecule has 20 heavy (non-hydrogen) atoms. The monoisotopic (exact) mass is 287 g/mol. The van der Waals surface area contributed by atoms with Crippen LogP contribution in [0.5, 0.6) is 0 Å². The molecule has 3 rings (SSSR count). The second-order valence-electron chi connectivity index (χ2n) is 4.69. The topological polar surface area (TPSA) is 65.2 Å². The fourth-order valence-corrected chi connectivity index (χ4v) is 3.12. The van der Waals surface area contributed by atoms with Crippen molar-refractivity contribution in [3.63, 3.8) is 0 Å². The third-order valence-electron chi connectivity index (χ3n) is 3.03. The van der Waals surface area contributed by atoms with Crippen molar-refractivity contribution in [1.82, 2.24) is 9.88 Å². The Hall–Kier alpha value is -2.34. The lowest BCUT2D eigenvalue weighted by Gasteiger charge is -2.07. The highest BCUT2D eigenvalue weighted by atomic mass is 32.1. The lowest BCUT2D eigenvalue weighted by atomic mass is 10.1. The fourth-order valence-electron chi connectivity index (χ4n) is 2.04. The summed E-state index contributed by atoms with van der Waals surface area (Å²) in [4.78, 5) is 29.1. The summed E-state index contributed by atoms with van der Waals surface area (Å²) in [6.45, 7) is 0. The highest BCUT2D eigenvalue weighted by Crippen LogP contribution is 2.40. The number of nitrogens with one attached hydrogen (secondary N) is 2. The van der Waals surface area contributed by atoms with Crippen LogP contribution in [0.4, 0.5) is 5.00 Å². The SMILES string of the molecule is CN(C)C(=O)c1cc2c(s1)NC(=O)C2=Cc1ccc[nH]1. The molecule has 6 heteroatoms. The first-order valence-corrected chi connectivity index (χ1v) is 6.90. The van der Waals surface area contributed by atoms with Gasteiger partial charge in [-0.05, 0) is 24.3 Å². The number of aromatic amines is 1. The molecular weight excluding hydrogens is 274 g/mol. The van der Waals surface area contributed by atoms with Crippen molar-refractivity contribution in [3.05, 3.63) is 40.5 Å². The first-order chi connectivity index (χ1) is 9.56. The van der Waals surface area contributed by atoms with Crippen molar-refractivity contribution in [1.29, 1.82) is 0 Å². The number of thiophene rings is 1. The van der Waals surface area contributed by atoms with Crippen LogP contribution in [0.1, 0.15) is 20.9 Å².